The fraction of sp³-hybridized carbons (Fsp3) is 0.140. The van der Waals surface area contributed by atoms with Gasteiger partial charge in [0.15, 0.2) is 17.5 Å². The number of rotatable bonds is 12. The van der Waals surface area contributed by atoms with E-state index in [1.807, 2.05) is 274 Å². The summed E-state index contributed by atoms with van der Waals surface area (Å²) >= 11 is 6.10. The SMILES string of the molecule is CC1(C)OB(c2cc(B3OC(C)(C)C(C)(C)O3)cc(-c3ccc(C#N)cc3)c2)OC1(C)C.Clc1cc(-c2ccccc2)nc(-c2ccccc2)n1.N#Cc1ccc(-c2cc(-c3cc(-c4ccccc4)nc(-c4ccccc4)n3)cc(-c3cc(-c4ccccc4)nc(-c4ccccc4)n3)c2)cc1. The Morgan fingerprint density at radius 2 is 0.525 bits per heavy atom. The van der Waals surface area contributed by atoms with Crippen LogP contribution in [-0.4, -0.2) is 66.5 Å². The molecule has 0 spiro atoms. The van der Waals surface area contributed by atoms with Crippen molar-refractivity contribution in [3.8, 4) is 125 Å². The summed E-state index contributed by atoms with van der Waals surface area (Å²) in [6.45, 7) is 16.4. The van der Waals surface area contributed by atoms with Gasteiger partial charge < -0.3 is 18.6 Å². The van der Waals surface area contributed by atoms with E-state index >= 15 is 0 Å². The molecule has 15 heteroatoms. The first kappa shape index (κ1) is 68.2. The second kappa shape index (κ2) is 29.2. The third-order valence-corrected chi connectivity index (χ3v) is 18.9. The molecule has 492 valence electrons. The summed E-state index contributed by atoms with van der Waals surface area (Å²) < 4.78 is 25.3. The van der Waals surface area contributed by atoms with E-state index in [-0.39, 0.29) is 0 Å². The number of aromatic nitrogens is 6. The van der Waals surface area contributed by atoms with E-state index in [1.54, 1.807) is 6.07 Å². The van der Waals surface area contributed by atoms with Gasteiger partial charge in [0, 0.05) is 50.6 Å². The Bertz CT molecular complexity index is 4760. The molecular formula is C86H71B2ClN8O4. The second-order valence-corrected chi connectivity index (χ2v) is 27.1. The molecular weight excluding hydrogens is 1270 g/mol. The van der Waals surface area contributed by atoms with Gasteiger partial charge in [-0.15, -0.1) is 0 Å². The highest BCUT2D eigenvalue weighted by Gasteiger charge is 2.54. The highest BCUT2D eigenvalue weighted by atomic mass is 35.5. The molecule has 0 radical (unpaired) electrons. The average Bonchev–Trinajstić information content (AvgIpc) is 1.62. The molecule has 2 aliphatic heterocycles. The second-order valence-electron chi connectivity index (χ2n) is 26.8. The van der Waals surface area contributed by atoms with Gasteiger partial charge >= 0.3 is 14.2 Å². The van der Waals surface area contributed by atoms with Crippen molar-refractivity contribution >= 4 is 36.8 Å². The zero-order chi connectivity index (χ0) is 70.3. The number of hydrogen-bond acceptors (Lipinski definition) is 12. The molecule has 0 aliphatic carbocycles. The lowest BCUT2D eigenvalue weighted by molar-refractivity contribution is 0.00578. The van der Waals surface area contributed by atoms with Crippen LogP contribution in [0, 0.1) is 22.7 Å². The van der Waals surface area contributed by atoms with Gasteiger partial charge in [0.1, 0.15) is 5.15 Å². The standard InChI is InChI=1S/C45H29N5.C25H31B2NO4.C16H11ClN2/c46-30-31-21-23-32(24-22-31)37-25-38(42-28-40(33-13-5-1-6-14-33)47-44(49-42)35-17-9-3-10-18-35)27-39(26-37)43-29-41(34-15-7-2-8-16-34)48-45(50-43)36-19-11-4-12-20-36;1-22(2)23(3,4)30-26(29-22)20-13-19(18-11-9-17(16-28)10-12-18)14-21(15-20)27-31-24(5,6)25(7,8)32-27;17-15-11-14(12-7-3-1-4-8-12)18-16(19-15)13-9-5-2-6-10-13/h1-29H;9-15H,1-8H3;1-11H. The molecule has 3 aromatic heterocycles. The largest absolute Gasteiger partial charge is 0.494 e. The molecule has 12 nitrogen and oxygen atoms in total. The minimum Gasteiger partial charge on any atom is -0.399 e. The van der Waals surface area contributed by atoms with Gasteiger partial charge in [-0.05, 0) is 143 Å². The topological polar surface area (TPSA) is 162 Å². The quantitative estimate of drug-likeness (QED) is 0.0842. The molecule has 0 unspecified atom stereocenters. The molecule has 13 aromatic rings. The van der Waals surface area contributed by atoms with E-state index in [0.717, 1.165) is 106 Å². The van der Waals surface area contributed by atoms with E-state index in [1.165, 1.54) is 0 Å². The van der Waals surface area contributed by atoms with Crippen LogP contribution in [0.4, 0.5) is 0 Å². The number of benzene rings is 10. The van der Waals surface area contributed by atoms with E-state index in [9.17, 15) is 5.26 Å². The normalized spacial score (nSPS) is 14.5. The summed E-state index contributed by atoms with van der Waals surface area (Å²) in [6, 6.07) is 98.4. The Balaban J connectivity index is 0.000000152. The molecule has 5 heterocycles. The number of nitriles is 2. The molecule has 15 rings (SSSR count). The Morgan fingerprint density at radius 1 is 0.267 bits per heavy atom. The van der Waals surface area contributed by atoms with Crippen LogP contribution in [0.1, 0.15) is 66.5 Å². The summed E-state index contributed by atoms with van der Waals surface area (Å²) in [5, 5.41) is 19.1. The average molecular weight is 1340 g/mol. The van der Waals surface area contributed by atoms with Crippen molar-refractivity contribution in [1.29, 1.82) is 10.5 Å². The van der Waals surface area contributed by atoms with Crippen LogP contribution in [0.15, 0.2) is 285 Å². The highest BCUT2D eigenvalue weighted by molar-refractivity contribution is 6.66. The minimum absolute atomic E-state index is 0.438. The maximum Gasteiger partial charge on any atom is 0.494 e. The summed E-state index contributed by atoms with van der Waals surface area (Å²) in [5.74, 6) is 1.94. The van der Waals surface area contributed by atoms with Crippen LogP contribution in [0.5, 0.6) is 0 Å². The third kappa shape index (κ3) is 15.6. The Labute approximate surface area is 596 Å². The maximum atomic E-state index is 9.49. The first-order valence-corrected chi connectivity index (χ1v) is 33.8. The third-order valence-electron chi connectivity index (χ3n) is 18.7. The van der Waals surface area contributed by atoms with Gasteiger partial charge in [-0.1, -0.05) is 236 Å². The molecule has 2 fully saturated rings. The van der Waals surface area contributed by atoms with Crippen LogP contribution in [0.3, 0.4) is 0 Å². The smallest absolute Gasteiger partial charge is 0.399 e. The molecule has 2 aliphatic rings. The van der Waals surface area contributed by atoms with Gasteiger partial charge in [0.2, 0.25) is 0 Å². The lowest BCUT2D eigenvalue weighted by atomic mass is 9.70. The zero-order valence-corrected chi connectivity index (χ0v) is 58.1. The van der Waals surface area contributed by atoms with Gasteiger partial charge in [-0.25, -0.2) is 29.9 Å². The maximum absolute atomic E-state index is 9.49. The Hall–Kier alpha value is -11.3. The lowest BCUT2D eigenvalue weighted by Gasteiger charge is -2.32. The van der Waals surface area contributed by atoms with Crippen LogP contribution in [0.2, 0.25) is 5.15 Å². The predicted octanol–water partition coefficient (Wildman–Crippen LogP) is 19.1. The number of halogens is 1. The van der Waals surface area contributed by atoms with Gasteiger partial charge in [-0.2, -0.15) is 10.5 Å². The molecule has 0 bridgehead atoms. The molecule has 0 atom stereocenters. The molecule has 2 saturated heterocycles. The van der Waals surface area contributed by atoms with E-state index < -0.39 is 36.6 Å². The van der Waals surface area contributed by atoms with E-state index in [4.69, 9.17) is 55.4 Å². The monoisotopic (exact) mass is 1340 g/mol. The summed E-state index contributed by atoms with van der Waals surface area (Å²) in [5.41, 5.74) is 17.0. The fourth-order valence-corrected chi connectivity index (χ4v) is 11.8. The highest BCUT2D eigenvalue weighted by Crippen LogP contribution is 2.40. The minimum atomic E-state index is -0.500. The Kier molecular flexibility index (Phi) is 19.8. The van der Waals surface area contributed by atoms with Gasteiger partial charge in [0.25, 0.3) is 0 Å². The zero-order valence-electron chi connectivity index (χ0n) is 57.4. The Morgan fingerprint density at radius 3 is 0.832 bits per heavy atom. The summed E-state index contributed by atoms with van der Waals surface area (Å²) in [4.78, 5) is 29.2. The van der Waals surface area contributed by atoms with Crippen molar-refractivity contribution in [2.45, 2.75) is 77.8 Å². The fourth-order valence-electron chi connectivity index (χ4n) is 11.7. The predicted molar refractivity (Wildman–Crippen MR) is 406 cm³/mol. The molecule has 0 saturated carbocycles. The molecule has 101 heavy (non-hydrogen) atoms. The van der Waals surface area contributed by atoms with Crippen molar-refractivity contribution in [1.82, 2.24) is 29.9 Å². The van der Waals surface area contributed by atoms with Crippen LogP contribution in [0.25, 0.3) is 113 Å². The summed E-state index contributed by atoms with van der Waals surface area (Å²) in [6.07, 6.45) is 0. The molecule has 0 N–H and O–H groups in total. The lowest BCUT2D eigenvalue weighted by Crippen LogP contribution is -2.41. The van der Waals surface area contributed by atoms with Crippen LogP contribution in [-0.2, 0) is 18.6 Å². The first-order valence-electron chi connectivity index (χ1n) is 33.5. The number of nitrogens with zero attached hydrogens (tertiary/aromatic N) is 8. The van der Waals surface area contributed by atoms with E-state index in [0.29, 0.717) is 33.8 Å². The van der Waals surface area contributed by atoms with Crippen molar-refractivity contribution in [3.63, 3.8) is 0 Å². The van der Waals surface area contributed by atoms with E-state index in [2.05, 4.69) is 82.8 Å². The number of hydrogen-bond donors (Lipinski definition) is 0. The van der Waals surface area contributed by atoms with Gasteiger partial charge in [-0.3, -0.25) is 0 Å². The van der Waals surface area contributed by atoms with Crippen LogP contribution < -0.4 is 10.9 Å². The molecule has 0 amide bonds. The summed E-state index contributed by atoms with van der Waals surface area (Å²) in [7, 11) is -1.00. The van der Waals surface area contributed by atoms with Crippen molar-refractivity contribution in [2.24, 2.45) is 0 Å². The van der Waals surface area contributed by atoms with Crippen molar-refractivity contribution in [3.05, 3.63) is 301 Å². The van der Waals surface area contributed by atoms with Crippen molar-refractivity contribution < 1.29 is 18.6 Å². The molecule has 10 aromatic carbocycles. The van der Waals surface area contributed by atoms with Crippen molar-refractivity contribution in [2.75, 3.05) is 0 Å². The van der Waals surface area contributed by atoms with Gasteiger partial charge in [0.05, 0.1) is 74.1 Å². The van der Waals surface area contributed by atoms with Crippen LogP contribution >= 0.6 is 11.6 Å². The first-order chi connectivity index (χ1) is 48.8.